The molecule has 2 aromatic carbocycles. The normalized spacial score (nSPS) is 13.0. The van der Waals surface area contributed by atoms with Gasteiger partial charge in [0.2, 0.25) is 5.91 Å². The van der Waals surface area contributed by atoms with E-state index in [1.54, 1.807) is 48.3 Å². The largest absolute Gasteiger partial charge is 0.342 e. The zero-order valence-electron chi connectivity index (χ0n) is 15.0. The maximum atomic E-state index is 12.9. The van der Waals surface area contributed by atoms with Gasteiger partial charge in [0.15, 0.2) is 5.66 Å². The van der Waals surface area contributed by atoms with Crippen molar-refractivity contribution in [2.45, 2.75) is 5.66 Å². The lowest BCUT2D eigenvalue weighted by molar-refractivity contribution is -0.116. The Morgan fingerprint density at radius 2 is 1.86 bits per heavy atom. The Morgan fingerprint density at radius 1 is 1.11 bits per heavy atom. The third-order valence-electron chi connectivity index (χ3n) is 4.66. The molecule has 1 atom stereocenters. The zero-order valence-corrected chi connectivity index (χ0v) is 15.9. The average molecular weight is 395 g/mol. The van der Waals surface area contributed by atoms with Crippen molar-refractivity contribution in [3.8, 4) is 0 Å². The molecule has 1 amide bonds. The van der Waals surface area contributed by atoms with Crippen molar-refractivity contribution in [2.24, 2.45) is 7.05 Å². The second-order valence-electron chi connectivity index (χ2n) is 6.61. The zero-order chi connectivity index (χ0) is 19.9. The summed E-state index contributed by atoms with van der Waals surface area (Å²) in [7, 11) is -3.06. The summed E-state index contributed by atoms with van der Waals surface area (Å²) >= 11 is 0. The fourth-order valence-electron chi connectivity index (χ4n) is 3.41. The quantitative estimate of drug-likeness (QED) is 0.458. The van der Waals surface area contributed by atoms with Crippen molar-refractivity contribution in [1.29, 1.82) is 0 Å². The fourth-order valence-corrected chi connectivity index (χ4v) is 4.35. The van der Waals surface area contributed by atoms with E-state index in [4.69, 9.17) is 0 Å². The number of pyridine rings is 1. The van der Waals surface area contributed by atoms with E-state index in [0.29, 0.717) is 16.7 Å². The van der Waals surface area contributed by atoms with Crippen LogP contribution in [0.3, 0.4) is 0 Å². The Labute approximate surface area is 160 Å². The molecule has 28 heavy (non-hydrogen) atoms. The van der Waals surface area contributed by atoms with E-state index in [0.717, 1.165) is 10.8 Å². The first kappa shape index (κ1) is 18.4. The molecule has 7 nitrogen and oxygen atoms in total. The van der Waals surface area contributed by atoms with Crippen LogP contribution in [-0.4, -0.2) is 25.2 Å². The summed E-state index contributed by atoms with van der Waals surface area (Å²) < 4.78 is 13.9. The molecule has 3 N–H and O–H groups in total. The minimum absolute atomic E-state index is 0.247. The van der Waals surface area contributed by atoms with Crippen LogP contribution in [0.4, 0.5) is 5.69 Å². The molecule has 0 bridgehead atoms. The molecule has 0 saturated carbocycles. The van der Waals surface area contributed by atoms with Gasteiger partial charge in [-0.1, -0.05) is 30.3 Å². The van der Waals surface area contributed by atoms with Gasteiger partial charge in [-0.15, -0.1) is 0 Å². The predicted molar refractivity (Wildman–Crippen MR) is 108 cm³/mol. The molecule has 0 saturated heterocycles. The van der Waals surface area contributed by atoms with Crippen molar-refractivity contribution in [3.05, 3.63) is 72.6 Å². The molecular weight excluding hydrogens is 377 g/mol. The first-order valence-electron chi connectivity index (χ1n) is 8.59. The smallest absolute Gasteiger partial charge is 0.335 e. The van der Waals surface area contributed by atoms with Crippen LogP contribution in [0.1, 0.15) is 11.2 Å². The van der Waals surface area contributed by atoms with E-state index in [1.165, 1.54) is 0 Å². The number of carbonyl (C=O) groups excluding carboxylic acids is 1. The number of hydrogen-bond acceptors (Lipinski definition) is 3. The molecule has 2 aromatic heterocycles. The number of anilines is 1. The number of hydrogen-bond donors (Lipinski definition) is 3. The number of nitrogens with one attached hydrogen (secondary N) is 1. The lowest BCUT2D eigenvalue weighted by Crippen LogP contribution is -2.21. The van der Waals surface area contributed by atoms with Crippen LogP contribution in [0.5, 0.6) is 0 Å². The number of aromatic nitrogens is 2. The topological polar surface area (TPSA) is 104 Å². The first-order valence-corrected chi connectivity index (χ1v) is 10.3. The lowest BCUT2D eigenvalue weighted by atomic mass is 10.1. The number of benzene rings is 2. The number of amides is 1. The molecule has 0 aliphatic heterocycles. The van der Waals surface area contributed by atoms with Crippen LogP contribution in [0.25, 0.3) is 21.8 Å². The Balaban J connectivity index is 1.75. The van der Waals surface area contributed by atoms with E-state index in [-0.39, 0.29) is 5.56 Å². The molecule has 0 spiro atoms. The van der Waals surface area contributed by atoms with E-state index >= 15 is 0 Å². The third-order valence-corrected chi connectivity index (χ3v) is 5.85. The second kappa shape index (κ2) is 6.87. The van der Waals surface area contributed by atoms with Crippen molar-refractivity contribution in [1.82, 2.24) is 9.55 Å². The Hall–Kier alpha value is -2.99. The third kappa shape index (κ3) is 3.31. The summed E-state index contributed by atoms with van der Waals surface area (Å²) in [5, 5.41) is 5.11. The van der Waals surface area contributed by atoms with Gasteiger partial charge in [0, 0.05) is 36.1 Å². The SMILES string of the molecule is Cn1cc(C(C(=O)Nc2ccc3ccccc3c2)P(=O)(O)O)c2cccnc21. The van der Waals surface area contributed by atoms with Gasteiger partial charge in [-0.25, -0.2) is 4.98 Å². The molecule has 142 valence electrons. The van der Waals surface area contributed by atoms with Crippen molar-refractivity contribution >= 4 is 41.0 Å². The molecule has 0 fully saturated rings. The average Bonchev–Trinajstić information content (AvgIpc) is 2.97. The molecule has 1 unspecified atom stereocenters. The van der Waals surface area contributed by atoms with E-state index in [9.17, 15) is 19.1 Å². The Morgan fingerprint density at radius 3 is 2.61 bits per heavy atom. The van der Waals surface area contributed by atoms with Crippen molar-refractivity contribution < 1.29 is 19.1 Å². The Bertz CT molecular complexity index is 1240. The molecule has 0 radical (unpaired) electrons. The van der Waals surface area contributed by atoms with Crippen LogP contribution in [0.2, 0.25) is 0 Å². The van der Waals surface area contributed by atoms with Gasteiger partial charge in [0.1, 0.15) is 5.65 Å². The number of aryl methyl sites for hydroxylation is 1. The highest BCUT2D eigenvalue weighted by Crippen LogP contribution is 2.53. The standard InChI is InChI=1S/C20H18N3O4P/c1-23-12-17(16-7-4-10-21-19(16)23)18(28(25,26)27)20(24)22-15-9-8-13-5-2-3-6-14(13)11-15/h2-12,18H,1H3,(H,22,24)(H2,25,26,27). The summed E-state index contributed by atoms with van der Waals surface area (Å²) in [4.78, 5) is 37.0. The number of rotatable bonds is 4. The lowest BCUT2D eigenvalue weighted by Gasteiger charge is -2.18. The summed E-state index contributed by atoms with van der Waals surface area (Å²) in [5.41, 5.74) is -0.362. The van der Waals surface area contributed by atoms with Gasteiger partial charge in [0.25, 0.3) is 0 Å². The molecule has 4 aromatic rings. The van der Waals surface area contributed by atoms with E-state index in [1.807, 2.05) is 30.3 Å². The molecule has 0 aliphatic rings. The number of fused-ring (bicyclic) bond motifs is 2. The predicted octanol–water partition coefficient (Wildman–Crippen LogP) is 3.58. The van der Waals surface area contributed by atoms with Crippen LogP contribution in [-0.2, 0) is 16.4 Å². The summed E-state index contributed by atoms with van der Waals surface area (Å²) in [5.74, 6) is -0.764. The fraction of sp³-hybridized carbons (Fsp3) is 0.100. The van der Waals surface area contributed by atoms with Gasteiger partial charge in [-0.05, 0) is 35.0 Å². The van der Waals surface area contributed by atoms with Gasteiger partial charge in [0.05, 0.1) is 0 Å². The van der Waals surface area contributed by atoms with Crippen molar-refractivity contribution in [3.63, 3.8) is 0 Å². The van der Waals surface area contributed by atoms with Crippen LogP contribution >= 0.6 is 7.60 Å². The van der Waals surface area contributed by atoms with Gasteiger partial charge in [-0.2, -0.15) is 0 Å². The molecule has 2 heterocycles. The van der Waals surface area contributed by atoms with Crippen LogP contribution in [0, 0.1) is 0 Å². The molecule has 8 heteroatoms. The highest BCUT2D eigenvalue weighted by Gasteiger charge is 2.39. The van der Waals surface area contributed by atoms with Crippen LogP contribution < -0.4 is 5.32 Å². The summed E-state index contributed by atoms with van der Waals surface area (Å²) in [6, 6.07) is 16.3. The first-order chi connectivity index (χ1) is 13.3. The second-order valence-corrected chi connectivity index (χ2v) is 8.31. The van der Waals surface area contributed by atoms with E-state index in [2.05, 4.69) is 10.3 Å². The van der Waals surface area contributed by atoms with Crippen LogP contribution in [0.15, 0.2) is 67.0 Å². The summed E-state index contributed by atoms with van der Waals surface area (Å²) in [6.07, 6.45) is 3.13. The molecule has 0 aliphatic carbocycles. The number of carbonyl (C=O) groups is 1. The van der Waals surface area contributed by atoms with E-state index < -0.39 is 19.2 Å². The Kier molecular flexibility index (Phi) is 4.51. The maximum absolute atomic E-state index is 12.9. The molecular formula is C20H18N3O4P. The summed E-state index contributed by atoms with van der Waals surface area (Å²) in [6.45, 7) is 0. The maximum Gasteiger partial charge on any atom is 0.342 e. The van der Waals surface area contributed by atoms with Gasteiger partial charge < -0.3 is 19.7 Å². The monoisotopic (exact) mass is 395 g/mol. The highest BCUT2D eigenvalue weighted by molar-refractivity contribution is 7.53. The number of nitrogens with zero attached hydrogens (tertiary/aromatic N) is 2. The molecule has 4 rings (SSSR count). The van der Waals surface area contributed by atoms with Gasteiger partial charge in [-0.3, -0.25) is 9.36 Å². The van der Waals surface area contributed by atoms with Crippen molar-refractivity contribution in [2.75, 3.05) is 5.32 Å². The minimum atomic E-state index is -4.78. The van der Waals surface area contributed by atoms with Gasteiger partial charge >= 0.3 is 7.60 Å². The highest BCUT2D eigenvalue weighted by atomic mass is 31.2. The minimum Gasteiger partial charge on any atom is -0.335 e.